The topological polar surface area (TPSA) is 48.8 Å². The van der Waals surface area contributed by atoms with Crippen LogP contribution in [0.25, 0.3) is 10.9 Å². The van der Waals surface area contributed by atoms with Crippen LogP contribution in [0.15, 0.2) is 105 Å². The average Bonchev–Trinajstić information content (AvgIpc) is 3.35. The number of thioether (sulfide) groups is 2. The molecule has 0 atom stereocenters. The molecule has 4 aromatic rings. The first-order valence-electron chi connectivity index (χ1n) is 11.0. The van der Waals surface area contributed by atoms with Crippen LogP contribution in [0.2, 0.25) is 5.02 Å². The maximum atomic E-state index is 13.8. The lowest BCUT2D eigenvalue weighted by Gasteiger charge is -2.17. The SMILES string of the molecule is CN1/C(=C2/SC(=Nc3ccc4ncccc4c3)N(Cc3ccccc3)C2=O)Sc2ccc(Cl)cc21. The van der Waals surface area contributed by atoms with E-state index in [2.05, 4.69) is 4.98 Å². The average molecular weight is 515 g/mol. The molecule has 2 aliphatic rings. The summed E-state index contributed by atoms with van der Waals surface area (Å²) in [6.07, 6.45) is 1.78. The Hall–Kier alpha value is -3.26. The van der Waals surface area contributed by atoms with Crippen molar-refractivity contribution in [3.8, 4) is 0 Å². The molecule has 0 aliphatic carbocycles. The summed E-state index contributed by atoms with van der Waals surface area (Å²) in [5.74, 6) is -0.0479. The summed E-state index contributed by atoms with van der Waals surface area (Å²) in [6, 6.07) is 25.6. The minimum absolute atomic E-state index is 0.0479. The number of amidine groups is 1. The van der Waals surface area contributed by atoms with Crippen LogP contribution in [0.4, 0.5) is 11.4 Å². The van der Waals surface area contributed by atoms with E-state index in [4.69, 9.17) is 16.6 Å². The molecule has 35 heavy (non-hydrogen) atoms. The van der Waals surface area contributed by atoms with Crippen LogP contribution in [0.5, 0.6) is 0 Å². The van der Waals surface area contributed by atoms with Gasteiger partial charge in [0.25, 0.3) is 5.91 Å². The standard InChI is InChI=1S/C27H19ClN4OS2/c1-31-22-15-19(28)9-12-23(22)34-26(31)24-25(33)32(16-17-6-3-2-4-7-17)27(35-24)30-20-10-11-21-18(14-20)8-5-13-29-21/h2-15H,16H2,1H3/b26-24-,30-27?. The van der Waals surface area contributed by atoms with Crippen LogP contribution in [-0.4, -0.2) is 28.0 Å². The summed E-state index contributed by atoms with van der Waals surface area (Å²) < 4.78 is 0. The Morgan fingerprint density at radius 1 is 0.971 bits per heavy atom. The van der Waals surface area contributed by atoms with Crippen LogP contribution in [-0.2, 0) is 11.3 Å². The number of nitrogens with zero attached hydrogens (tertiary/aromatic N) is 4. The number of aliphatic imine (C=N–C) groups is 1. The molecular weight excluding hydrogens is 496 g/mol. The number of fused-ring (bicyclic) bond motifs is 2. The van der Waals surface area contributed by atoms with Gasteiger partial charge in [-0.25, -0.2) is 4.99 Å². The van der Waals surface area contributed by atoms with Gasteiger partial charge in [-0.2, -0.15) is 0 Å². The summed E-state index contributed by atoms with van der Waals surface area (Å²) in [6.45, 7) is 0.449. The van der Waals surface area contributed by atoms with E-state index in [-0.39, 0.29) is 5.91 Å². The van der Waals surface area contributed by atoms with Crippen molar-refractivity contribution in [3.63, 3.8) is 0 Å². The van der Waals surface area contributed by atoms with Gasteiger partial charge in [0, 0.05) is 28.5 Å². The number of rotatable bonds is 3. The Bertz CT molecular complexity index is 1540. The summed E-state index contributed by atoms with van der Waals surface area (Å²) in [7, 11) is 1.97. The molecule has 3 aromatic carbocycles. The molecule has 0 bridgehead atoms. The molecule has 8 heteroatoms. The maximum absolute atomic E-state index is 13.8. The molecule has 2 aliphatic heterocycles. The van der Waals surface area contributed by atoms with Gasteiger partial charge >= 0.3 is 0 Å². The molecule has 0 spiro atoms. The van der Waals surface area contributed by atoms with Crippen molar-refractivity contribution in [1.29, 1.82) is 0 Å². The molecule has 0 N–H and O–H groups in total. The van der Waals surface area contributed by atoms with Crippen LogP contribution in [0.3, 0.4) is 0 Å². The monoisotopic (exact) mass is 514 g/mol. The molecule has 0 radical (unpaired) electrons. The Morgan fingerprint density at radius 2 is 1.83 bits per heavy atom. The second kappa shape index (κ2) is 9.07. The number of carbonyl (C=O) groups is 1. The normalized spacial score (nSPS) is 18.7. The van der Waals surface area contributed by atoms with Gasteiger partial charge in [-0.15, -0.1) is 0 Å². The highest BCUT2D eigenvalue weighted by atomic mass is 35.5. The zero-order chi connectivity index (χ0) is 23.9. The number of benzene rings is 3. The molecule has 172 valence electrons. The predicted molar refractivity (Wildman–Crippen MR) is 146 cm³/mol. The van der Waals surface area contributed by atoms with E-state index in [9.17, 15) is 4.79 Å². The zero-order valence-corrected chi connectivity index (χ0v) is 21.1. The van der Waals surface area contributed by atoms with Gasteiger partial charge < -0.3 is 4.90 Å². The van der Waals surface area contributed by atoms with Crippen LogP contribution >= 0.6 is 35.1 Å². The smallest absolute Gasteiger partial charge is 0.269 e. The Balaban J connectivity index is 1.42. The number of pyridine rings is 1. The lowest BCUT2D eigenvalue weighted by molar-refractivity contribution is -0.122. The third-order valence-electron chi connectivity index (χ3n) is 5.85. The number of hydrogen-bond acceptors (Lipinski definition) is 6. The Morgan fingerprint density at radius 3 is 2.69 bits per heavy atom. The minimum Gasteiger partial charge on any atom is -0.337 e. The first-order chi connectivity index (χ1) is 17.1. The number of hydrogen-bond donors (Lipinski definition) is 0. The Kier molecular flexibility index (Phi) is 5.76. The van der Waals surface area contributed by atoms with E-state index < -0.39 is 0 Å². The van der Waals surface area contributed by atoms with Crippen molar-refractivity contribution in [2.45, 2.75) is 11.4 Å². The molecule has 1 amide bonds. The van der Waals surface area contributed by atoms with Crippen molar-refractivity contribution in [3.05, 3.63) is 106 Å². The van der Waals surface area contributed by atoms with Gasteiger partial charge in [0.05, 0.1) is 28.5 Å². The highest BCUT2D eigenvalue weighted by Crippen LogP contribution is 2.50. The minimum atomic E-state index is -0.0479. The summed E-state index contributed by atoms with van der Waals surface area (Å²) in [5.41, 5.74) is 3.75. The highest BCUT2D eigenvalue weighted by Gasteiger charge is 2.39. The van der Waals surface area contributed by atoms with Crippen molar-refractivity contribution in [2.75, 3.05) is 11.9 Å². The van der Waals surface area contributed by atoms with Gasteiger partial charge in [0.15, 0.2) is 5.17 Å². The fourth-order valence-electron chi connectivity index (χ4n) is 4.09. The fraction of sp³-hybridized carbons (Fsp3) is 0.0741. The summed E-state index contributed by atoms with van der Waals surface area (Å²) >= 11 is 9.24. The van der Waals surface area contributed by atoms with Crippen molar-refractivity contribution < 1.29 is 4.79 Å². The van der Waals surface area contributed by atoms with Gasteiger partial charge in [-0.1, -0.05) is 59.8 Å². The molecule has 1 fully saturated rings. The highest BCUT2D eigenvalue weighted by molar-refractivity contribution is 8.19. The second-order valence-electron chi connectivity index (χ2n) is 8.16. The van der Waals surface area contributed by atoms with Crippen LogP contribution in [0.1, 0.15) is 5.56 Å². The van der Waals surface area contributed by atoms with E-state index in [1.54, 1.807) is 22.9 Å². The van der Waals surface area contributed by atoms with E-state index in [1.165, 1.54) is 11.8 Å². The lowest BCUT2D eigenvalue weighted by atomic mass is 10.2. The largest absolute Gasteiger partial charge is 0.337 e. The Labute approximate surface area is 216 Å². The third-order valence-corrected chi connectivity index (χ3v) is 8.51. The number of aromatic nitrogens is 1. The molecule has 6 rings (SSSR count). The van der Waals surface area contributed by atoms with Crippen molar-refractivity contribution in [1.82, 2.24) is 9.88 Å². The van der Waals surface area contributed by atoms with Crippen molar-refractivity contribution in [2.24, 2.45) is 4.99 Å². The number of amides is 1. The molecule has 0 saturated carbocycles. The third kappa shape index (κ3) is 4.20. The van der Waals surface area contributed by atoms with Gasteiger partial charge in [0.2, 0.25) is 0 Å². The predicted octanol–water partition coefficient (Wildman–Crippen LogP) is 7.06. The molecule has 0 unspecified atom stereocenters. The van der Waals surface area contributed by atoms with E-state index >= 15 is 0 Å². The summed E-state index contributed by atoms with van der Waals surface area (Å²) in [4.78, 5) is 28.6. The molecule has 3 heterocycles. The summed E-state index contributed by atoms with van der Waals surface area (Å²) in [5, 5.41) is 3.23. The molecular formula is C27H19ClN4OS2. The van der Waals surface area contributed by atoms with E-state index in [0.717, 1.165) is 37.8 Å². The fourth-order valence-corrected chi connectivity index (χ4v) is 6.58. The van der Waals surface area contributed by atoms with Gasteiger partial charge in [-0.05, 0) is 59.8 Å². The van der Waals surface area contributed by atoms with Gasteiger partial charge in [0.1, 0.15) is 4.91 Å². The van der Waals surface area contributed by atoms with Crippen molar-refractivity contribution >= 4 is 68.5 Å². The van der Waals surface area contributed by atoms with Crippen LogP contribution in [0, 0.1) is 0 Å². The second-order valence-corrected chi connectivity index (χ2v) is 10.6. The maximum Gasteiger partial charge on any atom is 0.269 e. The van der Waals surface area contributed by atoms with Gasteiger partial charge in [-0.3, -0.25) is 14.7 Å². The number of halogens is 1. The molecule has 5 nitrogen and oxygen atoms in total. The first-order valence-corrected chi connectivity index (χ1v) is 13.0. The van der Waals surface area contributed by atoms with E-state index in [1.807, 2.05) is 90.8 Å². The number of anilines is 1. The van der Waals surface area contributed by atoms with Crippen LogP contribution < -0.4 is 4.90 Å². The van der Waals surface area contributed by atoms with E-state index in [0.29, 0.717) is 21.6 Å². The zero-order valence-electron chi connectivity index (χ0n) is 18.7. The quantitative estimate of drug-likeness (QED) is 0.274. The number of carbonyl (C=O) groups excluding carboxylic acids is 1. The molecule has 1 aromatic heterocycles. The molecule has 1 saturated heterocycles. The first kappa shape index (κ1) is 22.2. The lowest BCUT2D eigenvalue weighted by Crippen LogP contribution is -2.29.